The van der Waals surface area contributed by atoms with Crippen molar-refractivity contribution in [2.24, 2.45) is 0 Å². The highest BCUT2D eigenvalue weighted by molar-refractivity contribution is 5.81. The van der Waals surface area contributed by atoms with Gasteiger partial charge in [-0.1, -0.05) is 0 Å². The molecule has 0 bridgehead atoms. The molecule has 0 aliphatic rings. The van der Waals surface area contributed by atoms with Gasteiger partial charge in [-0.2, -0.15) is 13.2 Å². The van der Waals surface area contributed by atoms with Crippen LogP contribution in [0.2, 0.25) is 0 Å². The molecule has 29 heavy (non-hydrogen) atoms. The van der Waals surface area contributed by atoms with Gasteiger partial charge in [0.2, 0.25) is 0 Å². The minimum atomic E-state index is -4.73. The fourth-order valence-electron chi connectivity index (χ4n) is 2.20. The van der Waals surface area contributed by atoms with Gasteiger partial charge in [0.25, 0.3) is 5.69 Å². The number of nitro groups is 1. The second kappa shape index (κ2) is 9.43. The van der Waals surface area contributed by atoms with Crippen molar-refractivity contribution in [3.63, 3.8) is 0 Å². The van der Waals surface area contributed by atoms with Crippen molar-refractivity contribution < 1.29 is 37.2 Å². The number of halogens is 3. The van der Waals surface area contributed by atoms with E-state index in [0.29, 0.717) is 12.1 Å². The summed E-state index contributed by atoms with van der Waals surface area (Å²) in [6.07, 6.45) is -5.66. The lowest BCUT2D eigenvalue weighted by atomic mass is 10.1. The van der Waals surface area contributed by atoms with Crippen molar-refractivity contribution in [1.82, 2.24) is 5.32 Å². The van der Waals surface area contributed by atoms with Crippen LogP contribution in [0, 0.1) is 10.1 Å². The van der Waals surface area contributed by atoms with Gasteiger partial charge in [0.05, 0.1) is 17.6 Å². The van der Waals surface area contributed by atoms with Gasteiger partial charge >= 0.3 is 18.2 Å². The Balaban J connectivity index is 2.85. The number of alkyl carbamates (subject to hydrolysis) is 1. The zero-order valence-corrected chi connectivity index (χ0v) is 16.3. The van der Waals surface area contributed by atoms with E-state index in [2.05, 4.69) is 15.4 Å². The Morgan fingerprint density at radius 2 is 1.86 bits per heavy atom. The summed E-state index contributed by atoms with van der Waals surface area (Å²) in [5, 5.41) is 16.0. The van der Waals surface area contributed by atoms with Crippen LogP contribution in [-0.2, 0) is 20.4 Å². The van der Waals surface area contributed by atoms with Gasteiger partial charge < -0.3 is 20.1 Å². The van der Waals surface area contributed by atoms with Crippen LogP contribution < -0.4 is 10.6 Å². The quantitative estimate of drug-likeness (QED) is 0.393. The van der Waals surface area contributed by atoms with Crippen molar-refractivity contribution >= 4 is 23.4 Å². The smallest absolute Gasteiger partial charge is 0.416 e. The number of carbonyl (C=O) groups is 2. The van der Waals surface area contributed by atoms with Crippen LogP contribution in [0.3, 0.4) is 0 Å². The molecule has 0 unspecified atom stereocenters. The molecule has 0 saturated heterocycles. The lowest BCUT2D eigenvalue weighted by Gasteiger charge is -2.22. The number of nitrogens with zero attached hydrogens (tertiary/aromatic N) is 1. The molecule has 1 aromatic rings. The molecule has 12 heteroatoms. The summed E-state index contributed by atoms with van der Waals surface area (Å²) in [6, 6.07) is 0.913. The Morgan fingerprint density at radius 1 is 1.24 bits per heavy atom. The van der Waals surface area contributed by atoms with Crippen LogP contribution in [-0.4, -0.2) is 42.3 Å². The fourth-order valence-corrected chi connectivity index (χ4v) is 2.20. The molecule has 9 nitrogen and oxygen atoms in total. The Labute approximate surface area is 164 Å². The number of alkyl halides is 3. The van der Waals surface area contributed by atoms with E-state index in [4.69, 9.17) is 4.74 Å². The molecule has 0 spiro atoms. The number of anilines is 1. The predicted octanol–water partition coefficient (Wildman–Crippen LogP) is 3.48. The van der Waals surface area contributed by atoms with Crippen molar-refractivity contribution in [3.05, 3.63) is 33.9 Å². The molecule has 162 valence electrons. The van der Waals surface area contributed by atoms with Gasteiger partial charge in [0.1, 0.15) is 17.3 Å². The standard InChI is InChI=1S/C17H22F3N3O6/c1-16(2,3)29-15(25)22-12(14(24)28-4)7-8-21-11-6-5-10(17(18,19)20)9-13(11)23(26)27/h5-6,9,12,21H,7-8H2,1-4H3,(H,22,25)/t12-/m0/s1. The molecule has 0 aliphatic carbocycles. The van der Waals surface area contributed by atoms with E-state index in [0.717, 1.165) is 13.2 Å². The number of amides is 1. The Hall–Kier alpha value is -3.05. The molecule has 0 aromatic heterocycles. The van der Waals surface area contributed by atoms with Crippen LogP contribution in [0.1, 0.15) is 32.8 Å². The first-order valence-corrected chi connectivity index (χ1v) is 8.41. The van der Waals surface area contributed by atoms with Crippen LogP contribution in [0.25, 0.3) is 0 Å². The highest BCUT2D eigenvalue weighted by atomic mass is 19.4. The number of methoxy groups -OCH3 is 1. The molecular formula is C17H22F3N3O6. The van der Waals surface area contributed by atoms with E-state index >= 15 is 0 Å². The third kappa shape index (κ3) is 7.84. The summed E-state index contributed by atoms with van der Waals surface area (Å²) in [5.41, 5.74) is -2.89. The van der Waals surface area contributed by atoms with E-state index in [-0.39, 0.29) is 18.7 Å². The minimum Gasteiger partial charge on any atom is -0.467 e. The van der Waals surface area contributed by atoms with Crippen molar-refractivity contribution in [1.29, 1.82) is 0 Å². The fraction of sp³-hybridized carbons (Fsp3) is 0.529. The van der Waals surface area contributed by atoms with Gasteiger partial charge in [-0.15, -0.1) is 0 Å². The van der Waals surface area contributed by atoms with E-state index in [1.165, 1.54) is 0 Å². The molecule has 1 rings (SSSR count). The highest BCUT2D eigenvalue weighted by Crippen LogP contribution is 2.34. The summed E-state index contributed by atoms with van der Waals surface area (Å²) in [4.78, 5) is 33.8. The van der Waals surface area contributed by atoms with Crippen LogP contribution >= 0.6 is 0 Å². The summed E-state index contributed by atoms with van der Waals surface area (Å²) in [5.74, 6) is -0.778. The lowest BCUT2D eigenvalue weighted by molar-refractivity contribution is -0.384. The number of benzene rings is 1. The Bertz CT molecular complexity index is 762. The Kier molecular flexibility index (Phi) is 7.80. The van der Waals surface area contributed by atoms with E-state index < -0.39 is 46.1 Å². The first kappa shape index (κ1) is 24.0. The van der Waals surface area contributed by atoms with Crippen LogP contribution in [0.4, 0.5) is 29.3 Å². The van der Waals surface area contributed by atoms with Gasteiger partial charge in [0.15, 0.2) is 0 Å². The van der Waals surface area contributed by atoms with E-state index in [9.17, 15) is 32.9 Å². The second-order valence-electron chi connectivity index (χ2n) is 6.92. The monoisotopic (exact) mass is 421 g/mol. The first-order chi connectivity index (χ1) is 13.2. The molecule has 2 N–H and O–H groups in total. The first-order valence-electron chi connectivity index (χ1n) is 8.41. The summed E-state index contributed by atoms with van der Waals surface area (Å²) in [7, 11) is 1.11. The third-order valence-corrected chi connectivity index (χ3v) is 3.45. The highest BCUT2D eigenvalue weighted by Gasteiger charge is 2.33. The molecule has 0 radical (unpaired) electrons. The van der Waals surface area contributed by atoms with Gasteiger partial charge in [-0.25, -0.2) is 9.59 Å². The molecule has 0 saturated carbocycles. The SMILES string of the molecule is COC(=O)[C@H](CCNc1ccc(C(F)(F)F)cc1[N+](=O)[O-])NC(=O)OC(C)(C)C. The molecule has 1 amide bonds. The molecule has 0 heterocycles. The molecule has 0 aliphatic heterocycles. The van der Waals surface area contributed by atoms with Gasteiger partial charge in [-0.05, 0) is 39.3 Å². The van der Waals surface area contributed by atoms with Gasteiger partial charge in [-0.3, -0.25) is 10.1 Å². The average molecular weight is 421 g/mol. The largest absolute Gasteiger partial charge is 0.467 e. The molecule has 1 aromatic carbocycles. The van der Waals surface area contributed by atoms with Crippen LogP contribution in [0.15, 0.2) is 18.2 Å². The Morgan fingerprint density at radius 3 is 2.34 bits per heavy atom. The maximum Gasteiger partial charge on any atom is 0.416 e. The number of hydrogen-bond acceptors (Lipinski definition) is 7. The number of nitro benzene ring substituents is 1. The molecule has 0 fully saturated rings. The number of ether oxygens (including phenoxy) is 2. The predicted molar refractivity (Wildman–Crippen MR) is 96.4 cm³/mol. The molecular weight excluding hydrogens is 399 g/mol. The number of carbonyl (C=O) groups excluding carboxylic acids is 2. The summed E-state index contributed by atoms with van der Waals surface area (Å²) >= 11 is 0. The van der Waals surface area contributed by atoms with Crippen molar-refractivity contribution in [2.75, 3.05) is 19.0 Å². The maximum atomic E-state index is 12.7. The van der Waals surface area contributed by atoms with Gasteiger partial charge in [0, 0.05) is 12.6 Å². The second-order valence-corrected chi connectivity index (χ2v) is 6.92. The maximum absolute atomic E-state index is 12.7. The summed E-state index contributed by atoms with van der Waals surface area (Å²) < 4.78 is 47.9. The topological polar surface area (TPSA) is 120 Å². The van der Waals surface area contributed by atoms with Crippen LogP contribution in [0.5, 0.6) is 0 Å². The number of hydrogen-bond donors (Lipinski definition) is 2. The molecule has 1 atom stereocenters. The zero-order valence-electron chi connectivity index (χ0n) is 16.3. The van der Waals surface area contributed by atoms with E-state index in [1.54, 1.807) is 20.8 Å². The minimum absolute atomic E-state index is 0.0654. The third-order valence-electron chi connectivity index (χ3n) is 3.45. The van der Waals surface area contributed by atoms with Crippen molar-refractivity contribution in [2.45, 2.75) is 45.0 Å². The van der Waals surface area contributed by atoms with E-state index in [1.807, 2.05) is 0 Å². The van der Waals surface area contributed by atoms with Crippen molar-refractivity contribution in [3.8, 4) is 0 Å². The average Bonchev–Trinajstić information content (AvgIpc) is 2.57. The normalized spacial score (nSPS) is 12.7. The lowest BCUT2D eigenvalue weighted by Crippen LogP contribution is -2.44. The number of rotatable bonds is 7. The summed E-state index contributed by atoms with van der Waals surface area (Å²) in [6.45, 7) is 4.81. The number of nitrogens with one attached hydrogen (secondary N) is 2. The zero-order chi connectivity index (χ0) is 22.4. The number of esters is 1.